The maximum Gasteiger partial charge on any atom is 0.312 e. The third kappa shape index (κ3) is 2.31. The van der Waals surface area contributed by atoms with Crippen LogP contribution in [0.1, 0.15) is 42.4 Å². The first kappa shape index (κ1) is 19.7. The first-order valence-electron chi connectivity index (χ1n) is 12.8. The van der Waals surface area contributed by atoms with Gasteiger partial charge in [-0.2, -0.15) is 0 Å². The SMILES string of the molecule is O=C1O[C@@]23C[C@@H]1[C@H](O)[C@@H]1Oc4c(OCc5ccccc5)ccc5c4[C@@]12CCN(CC1CC1)[C@@H]3C5. The van der Waals surface area contributed by atoms with Crippen LogP contribution in [0.4, 0.5) is 0 Å². The van der Waals surface area contributed by atoms with Gasteiger partial charge in [-0.1, -0.05) is 36.4 Å². The molecular weight excluding hydrogens is 430 g/mol. The average molecular weight is 460 g/mol. The number of rotatable bonds is 5. The predicted octanol–water partition coefficient (Wildman–Crippen LogP) is 2.98. The molecular formula is C28H29NO5. The molecule has 0 radical (unpaired) electrons. The fraction of sp³-hybridized carbons (Fsp3) is 0.536. The highest BCUT2D eigenvalue weighted by atomic mass is 16.6. The molecule has 0 aromatic heterocycles. The van der Waals surface area contributed by atoms with Gasteiger partial charge in [-0.05, 0) is 55.3 Å². The van der Waals surface area contributed by atoms with E-state index in [1.54, 1.807) is 0 Å². The van der Waals surface area contributed by atoms with E-state index in [0.29, 0.717) is 13.0 Å². The van der Waals surface area contributed by atoms with Crippen LogP contribution in [0, 0.1) is 11.8 Å². The highest BCUT2D eigenvalue weighted by Gasteiger charge is 2.80. The number of hydrogen-bond acceptors (Lipinski definition) is 6. The van der Waals surface area contributed by atoms with Gasteiger partial charge in [0, 0.05) is 18.5 Å². The van der Waals surface area contributed by atoms with Crippen LogP contribution < -0.4 is 9.47 Å². The van der Waals surface area contributed by atoms with Gasteiger partial charge in [0.15, 0.2) is 11.5 Å². The molecule has 4 fully saturated rings. The fourth-order valence-corrected chi connectivity index (χ4v) is 7.97. The zero-order valence-electron chi connectivity index (χ0n) is 19.1. The maximum absolute atomic E-state index is 13.0. The summed E-state index contributed by atoms with van der Waals surface area (Å²) in [5.74, 6) is 1.49. The van der Waals surface area contributed by atoms with Crippen molar-refractivity contribution < 1.29 is 24.1 Å². The van der Waals surface area contributed by atoms with E-state index in [1.807, 2.05) is 36.4 Å². The third-order valence-corrected chi connectivity index (χ3v) is 9.58. The maximum atomic E-state index is 13.0. The number of likely N-dealkylation sites (tertiary alicyclic amines) is 1. The Morgan fingerprint density at radius 3 is 2.82 bits per heavy atom. The lowest BCUT2D eigenvalue weighted by Gasteiger charge is -2.62. The number of carbonyl (C=O) groups excluding carboxylic acids is 1. The Balaban J connectivity index is 1.26. The van der Waals surface area contributed by atoms with Gasteiger partial charge in [0.25, 0.3) is 0 Å². The van der Waals surface area contributed by atoms with Gasteiger partial charge >= 0.3 is 5.97 Å². The Morgan fingerprint density at radius 1 is 1.15 bits per heavy atom. The van der Waals surface area contributed by atoms with Crippen molar-refractivity contribution in [3.63, 3.8) is 0 Å². The summed E-state index contributed by atoms with van der Waals surface area (Å²) in [4.78, 5) is 15.6. The number of piperidine rings is 1. The normalized spacial score (nSPS) is 38.8. The van der Waals surface area contributed by atoms with Gasteiger partial charge in [0.1, 0.15) is 24.4 Å². The number of aliphatic hydroxyl groups is 1. The Hall–Kier alpha value is -2.57. The topological polar surface area (TPSA) is 68.2 Å². The van der Waals surface area contributed by atoms with Gasteiger partial charge in [-0.15, -0.1) is 0 Å². The van der Waals surface area contributed by atoms with Crippen molar-refractivity contribution in [2.45, 2.75) is 68.0 Å². The Morgan fingerprint density at radius 2 is 2.00 bits per heavy atom. The lowest BCUT2D eigenvalue weighted by atomic mass is 9.48. The van der Waals surface area contributed by atoms with E-state index in [9.17, 15) is 9.90 Å². The number of esters is 1. The van der Waals surface area contributed by atoms with Crippen molar-refractivity contribution in [1.29, 1.82) is 0 Å². The quantitative estimate of drug-likeness (QED) is 0.694. The second-order valence-electron chi connectivity index (χ2n) is 11.2. The molecule has 3 heterocycles. The van der Waals surface area contributed by atoms with Crippen LogP contribution in [0.5, 0.6) is 11.5 Å². The number of ether oxygens (including phenoxy) is 3. The molecule has 0 unspecified atom stereocenters. The minimum absolute atomic E-state index is 0.143. The van der Waals surface area contributed by atoms with Gasteiger partial charge in [-0.25, -0.2) is 0 Å². The summed E-state index contributed by atoms with van der Waals surface area (Å²) >= 11 is 0. The molecule has 4 bridgehead atoms. The van der Waals surface area contributed by atoms with Crippen LogP contribution in [0.3, 0.4) is 0 Å². The Kier molecular flexibility index (Phi) is 3.80. The van der Waals surface area contributed by atoms with E-state index in [2.05, 4.69) is 11.0 Å². The molecule has 2 saturated carbocycles. The van der Waals surface area contributed by atoms with E-state index in [-0.39, 0.29) is 12.0 Å². The van der Waals surface area contributed by atoms with Gasteiger partial charge in [0.2, 0.25) is 0 Å². The number of fused-ring (bicyclic) bond motifs is 1. The number of carbonyl (C=O) groups is 1. The molecule has 2 spiro atoms. The summed E-state index contributed by atoms with van der Waals surface area (Å²) in [5, 5.41) is 11.4. The summed E-state index contributed by atoms with van der Waals surface area (Å²) < 4.78 is 19.3. The number of nitrogens with zero attached hydrogens (tertiary/aromatic N) is 1. The molecule has 2 aromatic carbocycles. The fourth-order valence-electron chi connectivity index (χ4n) is 7.97. The zero-order valence-corrected chi connectivity index (χ0v) is 19.1. The van der Waals surface area contributed by atoms with Gasteiger partial charge in [-0.3, -0.25) is 9.69 Å². The number of benzene rings is 2. The average Bonchev–Trinajstić information content (AvgIpc) is 3.51. The summed E-state index contributed by atoms with van der Waals surface area (Å²) in [7, 11) is 0. The molecule has 6 atom stereocenters. The largest absolute Gasteiger partial charge is 0.485 e. The van der Waals surface area contributed by atoms with Crippen molar-refractivity contribution in [3.05, 3.63) is 59.2 Å². The molecule has 6 nitrogen and oxygen atoms in total. The number of hydrogen-bond donors (Lipinski definition) is 1. The van der Waals surface area contributed by atoms with Crippen LogP contribution in [-0.2, 0) is 28.0 Å². The second-order valence-corrected chi connectivity index (χ2v) is 11.2. The van der Waals surface area contributed by atoms with E-state index < -0.39 is 29.1 Å². The molecule has 0 amide bonds. The van der Waals surface area contributed by atoms with Crippen molar-refractivity contribution in [2.75, 3.05) is 13.1 Å². The van der Waals surface area contributed by atoms with E-state index in [1.165, 1.54) is 18.4 Å². The third-order valence-electron chi connectivity index (χ3n) is 9.58. The number of aliphatic hydroxyl groups excluding tert-OH is 1. The molecule has 34 heavy (non-hydrogen) atoms. The van der Waals surface area contributed by atoms with Gasteiger partial charge in [0.05, 0.1) is 17.4 Å². The van der Waals surface area contributed by atoms with Crippen LogP contribution in [0.2, 0.25) is 0 Å². The molecule has 3 aliphatic carbocycles. The summed E-state index contributed by atoms with van der Waals surface area (Å²) in [6.45, 7) is 2.49. The highest BCUT2D eigenvalue weighted by molar-refractivity contribution is 5.80. The summed E-state index contributed by atoms with van der Waals surface area (Å²) in [6.07, 6.45) is 3.54. The standard InChI is InChI=1S/C28H29NO5/c30-23-19-13-28(34-26(19)31)21-12-18-8-9-20(32-15-17-4-2-1-3-5-17)24-22(18)27(28,25(23)33-24)10-11-29(21)14-16-6-7-16/h1-5,8-9,16,19,21,23,25,30H,6-7,10-15H2/t19-,21-,23+,25+,27+,28-/m1/s1. The smallest absolute Gasteiger partial charge is 0.312 e. The Labute approximate surface area is 198 Å². The van der Waals surface area contributed by atoms with Crippen molar-refractivity contribution in [1.82, 2.24) is 4.90 Å². The van der Waals surface area contributed by atoms with E-state index >= 15 is 0 Å². The minimum atomic E-state index is -0.862. The van der Waals surface area contributed by atoms with Crippen LogP contribution in [0.15, 0.2) is 42.5 Å². The first-order chi connectivity index (χ1) is 16.6. The first-order valence-corrected chi connectivity index (χ1v) is 12.8. The van der Waals surface area contributed by atoms with Crippen molar-refractivity contribution in [3.8, 4) is 11.5 Å². The minimum Gasteiger partial charge on any atom is -0.485 e. The Bertz CT molecular complexity index is 1190. The monoisotopic (exact) mass is 459 g/mol. The molecule has 2 saturated heterocycles. The lowest BCUT2D eigenvalue weighted by molar-refractivity contribution is -0.195. The van der Waals surface area contributed by atoms with Crippen LogP contribution in [0.25, 0.3) is 0 Å². The molecule has 6 aliphatic rings. The molecule has 176 valence electrons. The van der Waals surface area contributed by atoms with E-state index in [0.717, 1.165) is 54.5 Å². The molecule has 6 heteroatoms. The van der Waals surface area contributed by atoms with E-state index in [4.69, 9.17) is 14.2 Å². The molecule has 2 aromatic rings. The zero-order chi connectivity index (χ0) is 22.7. The summed E-state index contributed by atoms with van der Waals surface area (Å²) in [5.41, 5.74) is 2.36. The molecule has 1 N–H and O–H groups in total. The van der Waals surface area contributed by atoms with Crippen molar-refractivity contribution in [2.24, 2.45) is 11.8 Å². The summed E-state index contributed by atoms with van der Waals surface area (Å²) in [6, 6.07) is 14.5. The van der Waals surface area contributed by atoms with Crippen LogP contribution in [-0.4, -0.2) is 52.9 Å². The molecule has 8 rings (SSSR count). The molecule has 3 aliphatic heterocycles. The lowest BCUT2D eigenvalue weighted by Crippen LogP contribution is -2.76. The second kappa shape index (κ2) is 6.55. The van der Waals surface area contributed by atoms with Crippen LogP contribution >= 0.6 is 0 Å². The van der Waals surface area contributed by atoms with Crippen molar-refractivity contribution >= 4 is 5.97 Å². The highest BCUT2D eigenvalue weighted by Crippen LogP contribution is 2.69. The predicted molar refractivity (Wildman–Crippen MR) is 123 cm³/mol. The van der Waals surface area contributed by atoms with Gasteiger partial charge < -0.3 is 19.3 Å².